The Morgan fingerprint density at radius 1 is 1.06 bits per heavy atom. The highest BCUT2D eigenvalue weighted by Gasteiger charge is 2.51. The lowest BCUT2D eigenvalue weighted by Gasteiger charge is -2.38. The zero-order chi connectivity index (χ0) is 34.6. The molecule has 0 unspecified atom stereocenters. The van der Waals surface area contributed by atoms with Crippen molar-refractivity contribution in [1.29, 1.82) is 0 Å². The Morgan fingerprint density at radius 3 is 2.39 bits per heavy atom. The van der Waals surface area contributed by atoms with Gasteiger partial charge in [-0.25, -0.2) is 23.5 Å². The molecule has 15 heteroatoms. The van der Waals surface area contributed by atoms with Gasteiger partial charge in [0.15, 0.2) is 5.82 Å². The molecule has 1 aromatic carbocycles. The highest BCUT2D eigenvalue weighted by molar-refractivity contribution is 5.94. The Morgan fingerprint density at radius 2 is 1.76 bits per heavy atom. The topological polar surface area (TPSA) is 148 Å². The molecule has 4 heterocycles. The van der Waals surface area contributed by atoms with Gasteiger partial charge in [0.1, 0.15) is 28.4 Å². The Balaban J connectivity index is 1.10. The number of hydrogen-bond acceptors (Lipinski definition) is 11. The predicted molar refractivity (Wildman–Crippen MR) is 172 cm³/mol. The number of piperidine rings is 1. The van der Waals surface area contributed by atoms with E-state index in [0.717, 1.165) is 56.7 Å². The summed E-state index contributed by atoms with van der Waals surface area (Å²) >= 11 is 0. The van der Waals surface area contributed by atoms with Crippen LogP contribution in [0.15, 0.2) is 35.1 Å². The summed E-state index contributed by atoms with van der Waals surface area (Å²) in [4.78, 5) is 45.0. The molecule has 0 spiro atoms. The number of hydrogen-bond donors (Lipinski definition) is 2. The van der Waals surface area contributed by atoms with Gasteiger partial charge in [-0.05, 0) is 83.1 Å². The molecule has 4 fully saturated rings. The molecule has 2 amide bonds. The molecule has 2 atom stereocenters. The monoisotopic (exact) mass is 680 g/mol. The number of amides is 2. The molecule has 2 aliphatic heterocycles. The summed E-state index contributed by atoms with van der Waals surface area (Å²) in [7, 11) is 1.66. The summed E-state index contributed by atoms with van der Waals surface area (Å²) in [5, 5.41) is 10.2. The minimum atomic E-state index is -1.39. The Hall–Kier alpha value is -4.24. The van der Waals surface area contributed by atoms with Crippen LogP contribution in [0.3, 0.4) is 0 Å². The number of alkyl carbamates (subject to hydrolysis) is 1. The van der Waals surface area contributed by atoms with Crippen LogP contribution in [0.5, 0.6) is 0 Å². The zero-order valence-electron chi connectivity index (χ0n) is 28.2. The van der Waals surface area contributed by atoms with Crippen LogP contribution in [0.2, 0.25) is 0 Å². The van der Waals surface area contributed by atoms with Crippen LogP contribution in [0, 0.1) is 11.6 Å². The van der Waals surface area contributed by atoms with Gasteiger partial charge >= 0.3 is 12.1 Å². The number of carbonyl (C=O) groups excluding carboxylic acids is 2. The minimum absolute atomic E-state index is 0.00612. The SMILES string of the molecule is COC1(c2noc(N3CCC(N(C(=O)c4cnc([C@]5(NC(=O)OC(C)(C)C)CNC[C@@H]5c5cc(F)ccc5F)nc4)C4CC4)CC3)n2)CC1. The first-order valence-corrected chi connectivity index (χ1v) is 16.9. The van der Waals surface area contributed by atoms with Crippen LogP contribution in [0.1, 0.15) is 92.8 Å². The third-order valence-electron chi connectivity index (χ3n) is 9.92. The van der Waals surface area contributed by atoms with Crippen molar-refractivity contribution in [2.24, 2.45) is 0 Å². The molecular formula is C34H42F2N8O5. The number of ether oxygens (including phenoxy) is 2. The quantitative estimate of drug-likeness (QED) is 0.336. The van der Waals surface area contributed by atoms with E-state index >= 15 is 4.39 Å². The average Bonchev–Trinajstić information content (AvgIpc) is 3.98. The number of methoxy groups -OCH3 is 1. The fraction of sp³-hybridized carbons (Fsp3) is 0.588. The van der Waals surface area contributed by atoms with Gasteiger partial charge in [-0.15, -0.1) is 0 Å². The van der Waals surface area contributed by atoms with Gasteiger partial charge in [0, 0.05) is 63.7 Å². The van der Waals surface area contributed by atoms with Crippen LogP contribution in [-0.2, 0) is 20.6 Å². The second-order valence-electron chi connectivity index (χ2n) is 14.5. The van der Waals surface area contributed by atoms with Crippen molar-refractivity contribution < 1.29 is 32.4 Å². The minimum Gasteiger partial charge on any atom is -0.444 e. The van der Waals surface area contributed by atoms with Crippen molar-refractivity contribution in [1.82, 2.24) is 35.6 Å². The van der Waals surface area contributed by atoms with Crippen molar-refractivity contribution in [3.8, 4) is 0 Å². The lowest BCUT2D eigenvalue weighted by Crippen LogP contribution is -2.53. The van der Waals surface area contributed by atoms with E-state index in [-0.39, 0.29) is 42.5 Å². The summed E-state index contributed by atoms with van der Waals surface area (Å²) in [6, 6.07) is 3.84. The van der Waals surface area contributed by atoms with Gasteiger partial charge in [-0.2, -0.15) is 4.98 Å². The maximum atomic E-state index is 15.1. The molecular weight excluding hydrogens is 638 g/mol. The highest BCUT2D eigenvalue weighted by Crippen LogP contribution is 2.47. The number of benzene rings is 1. The first-order valence-electron chi connectivity index (χ1n) is 16.9. The van der Waals surface area contributed by atoms with Gasteiger partial charge in [0.05, 0.1) is 5.56 Å². The Bertz CT molecular complexity index is 1700. The number of halogens is 2. The number of aromatic nitrogens is 4. The maximum absolute atomic E-state index is 15.1. The maximum Gasteiger partial charge on any atom is 0.408 e. The van der Waals surface area contributed by atoms with Crippen LogP contribution < -0.4 is 15.5 Å². The van der Waals surface area contributed by atoms with E-state index in [0.29, 0.717) is 30.5 Å². The lowest BCUT2D eigenvalue weighted by atomic mass is 9.80. The summed E-state index contributed by atoms with van der Waals surface area (Å²) in [6.45, 7) is 6.84. The number of nitrogens with one attached hydrogen (secondary N) is 2. The molecule has 262 valence electrons. The summed E-state index contributed by atoms with van der Waals surface area (Å²) < 4.78 is 46.2. The van der Waals surface area contributed by atoms with E-state index in [1.54, 1.807) is 27.9 Å². The third kappa shape index (κ3) is 6.57. The molecule has 13 nitrogen and oxygen atoms in total. The van der Waals surface area contributed by atoms with Crippen LogP contribution in [0.25, 0.3) is 0 Å². The smallest absolute Gasteiger partial charge is 0.408 e. The molecule has 7 rings (SSSR count). The average molecular weight is 681 g/mol. The van der Waals surface area contributed by atoms with Crippen molar-refractivity contribution in [3.05, 3.63) is 65.0 Å². The Kier molecular flexibility index (Phi) is 8.54. The summed E-state index contributed by atoms with van der Waals surface area (Å²) in [5.41, 5.74) is -2.25. The van der Waals surface area contributed by atoms with Crippen molar-refractivity contribution >= 4 is 18.0 Å². The number of rotatable bonds is 9. The van der Waals surface area contributed by atoms with Crippen molar-refractivity contribution in [2.45, 2.75) is 94.0 Å². The fourth-order valence-corrected chi connectivity index (χ4v) is 7.07. The second-order valence-corrected chi connectivity index (χ2v) is 14.5. The third-order valence-corrected chi connectivity index (χ3v) is 9.92. The van der Waals surface area contributed by atoms with Crippen LogP contribution >= 0.6 is 0 Å². The van der Waals surface area contributed by atoms with Gasteiger partial charge < -0.3 is 34.4 Å². The van der Waals surface area contributed by atoms with E-state index in [4.69, 9.17) is 14.0 Å². The van der Waals surface area contributed by atoms with Crippen molar-refractivity contribution in [3.63, 3.8) is 0 Å². The summed E-state index contributed by atoms with van der Waals surface area (Å²) in [5.74, 6) is -1.44. The fourth-order valence-electron chi connectivity index (χ4n) is 7.07. The molecule has 2 aliphatic carbocycles. The van der Waals surface area contributed by atoms with E-state index in [1.807, 2.05) is 4.90 Å². The molecule has 2 aromatic heterocycles. The number of anilines is 1. The van der Waals surface area contributed by atoms with Gasteiger partial charge in [-0.3, -0.25) is 4.79 Å². The standard InChI is InChI=1S/C34H42F2N8O5/c1-32(2,3)48-31(46)41-34(19-37-18-25(34)24-15-21(35)5-8-26(24)36)29-38-16-20(17-39-29)27(45)44(22-6-7-22)23-9-13-43(14-10-23)30-40-28(42-49-30)33(47-4)11-12-33/h5,8,15-17,22-23,25,37H,6-7,9-14,18-19H2,1-4H3,(H,41,46)/t25-,34+/m1/s1. The van der Waals surface area contributed by atoms with Crippen LogP contribution in [-0.4, -0.2) is 88.0 Å². The van der Waals surface area contributed by atoms with Gasteiger partial charge in [-0.1, -0.05) is 5.16 Å². The van der Waals surface area contributed by atoms with E-state index in [1.165, 1.54) is 12.4 Å². The molecule has 2 saturated heterocycles. The largest absolute Gasteiger partial charge is 0.444 e. The Labute approximate surface area is 283 Å². The van der Waals surface area contributed by atoms with E-state index < -0.39 is 40.4 Å². The van der Waals surface area contributed by atoms with E-state index in [2.05, 4.69) is 35.6 Å². The summed E-state index contributed by atoms with van der Waals surface area (Å²) in [6.07, 6.45) is 7.20. The zero-order valence-corrected chi connectivity index (χ0v) is 28.2. The van der Waals surface area contributed by atoms with Crippen molar-refractivity contribution in [2.75, 3.05) is 38.2 Å². The lowest BCUT2D eigenvalue weighted by molar-refractivity contribution is 0.0443. The molecule has 0 bridgehead atoms. The van der Waals surface area contributed by atoms with E-state index in [9.17, 15) is 14.0 Å². The molecule has 2 saturated carbocycles. The predicted octanol–water partition coefficient (Wildman–Crippen LogP) is 4.15. The number of carbonyl (C=O) groups is 2. The number of nitrogens with zero attached hydrogens (tertiary/aromatic N) is 6. The molecule has 3 aromatic rings. The first-order chi connectivity index (χ1) is 23.4. The van der Waals surface area contributed by atoms with Gasteiger partial charge in [0.2, 0.25) is 5.82 Å². The molecule has 2 N–H and O–H groups in total. The second kappa shape index (κ2) is 12.6. The molecule has 49 heavy (non-hydrogen) atoms. The van der Waals surface area contributed by atoms with Gasteiger partial charge in [0.25, 0.3) is 5.91 Å². The highest BCUT2D eigenvalue weighted by atomic mass is 19.1. The normalized spacial score (nSPS) is 23.7. The molecule has 4 aliphatic rings. The first kappa shape index (κ1) is 33.3. The van der Waals surface area contributed by atoms with Crippen LogP contribution in [0.4, 0.5) is 19.6 Å². The molecule has 0 radical (unpaired) electrons.